The number of rotatable bonds is 6. The standard InChI is InChI=1S/C22H25N5O2/c1-17-6-2-3-8-19(17)13-27-15-21(24-25-27)22(28)26-11-5-9-20(14-26)29-16-18-7-4-10-23-12-18/h2-4,6-8,10,12,15,20H,5,9,11,13-14,16H2,1H3. The summed E-state index contributed by atoms with van der Waals surface area (Å²) in [6, 6.07) is 12.0. The van der Waals surface area contributed by atoms with Gasteiger partial charge in [-0.25, -0.2) is 4.68 Å². The van der Waals surface area contributed by atoms with E-state index < -0.39 is 0 Å². The second-order valence-electron chi connectivity index (χ2n) is 7.42. The molecular weight excluding hydrogens is 366 g/mol. The Kier molecular flexibility index (Phi) is 5.95. The Morgan fingerprint density at radius 2 is 2.14 bits per heavy atom. The summed E-state index contributed by atoms with van der Waals surface area (Å²) in [5.41, 5.74) is 3.78. The van der Waals surface area contributed by atoms with E-state index in [9.17, 15) is 4.79 Å². The highest BCUT2D eigenvalue weighted by atomic mass is 16.5. The molecule has 2 aromatic heterocycles. The molecule has 3 aromatic rings. The van der Waals surface area contributed by atoms with Crippen LogP contribution in [0.3, 0.4) is 0 Å². The van der Waals surface area contributed by atoms with E-state index in [-0.39, 0.29) is 12.0 Å². The minimum atomic E-state index is -0.0873. The molecule has 0 N–H and O–H groups in total. The first-order chi connectivity index (χ1) is 14.2. The van der Waals surface area contributed by atoms with Crippen molar-refractivity contribution in [2.45, 2.75) is 39.0 Å². The zero-order valence-corrected chi connectivity index (χ0v) is 16.6. The van der Waals surface area contributed by atoms with Crippen LogP contribution in [-0.2, 0) is 17.9 Å². The van der Waals surface area contributed by atoms with Gasteiger partial charge < -0.3 is 9.64 Å². The van der Waals surface area contributed by atoms with Gasteiger partial charge in [0.05, 0.1) is 25.5 Å². The van der Waals surface area contributed by atoms with Gasteiger partial charge in [0, 0.05) is 25.5 Å². The molecule has 150 valence electrons. The number of carbonyl (C=O) groups is 1. The average Bonchev–Trinajstić information content (AvgIpc) is 3.23. The highest BCUT2D eigenvalue weighted by Crippen LogP contribution is 2.17. The van der Waals surface area contributed by atoms with Gasteiger partial charge in [-0.05, 0) is 42.5 Å². The number of carbonyl (C=O) groups excluding carboxylic acids is 1. The highest BCUT2D eigenvalue weighted by Gasteiger charge is 2.26. The molecule has 1 atom stereocenters. The van der Waals surface area contributed by atoms with Crippen molar-refractivity contribution in [3.05, 3.63) is 77.4 Å². The molecule has 29 heavy (non-hydrogen) atoms. The zero-order chi connectivity index (χ0) is 20.1. The van der Waals surface area contributed by atoms with Gasteiger partial charge in [-0.15, -0.1) is 5.10 Å². The second-order valence-corrected chi connectivity index (χ2v) is 7.42. The van der Waals surface area contributed by atoms with Gasteiger partial charge >= 0.3 is 0 Å². The van der Waals surface area contributed by atoms with Crippen LogP contribution >= 0.6 is 0 Å². The number of benzene rings is 1. The summed E-state index contributed by atoms with van der Waals surface area (Å²) in [5, 5.41) is 8.25. The number of piperidine rings is 1. The van der Waals surface area contributed by atoms with Crippen molar-refractivity contribution >= 4 is 5.91 Å². The van der Waals surface area contributed by atoms with Crippen molar-refractivity contribution in [1.82, 2.24) is 24.9 Å². The zero-order valence-electron chi connectivity index (χ0n) is 16.6. The molecule has 1 saturated heterocycles. The summed E-state index contributed by atoms with van der Waals surface area (Å²) in [6.45, 7) is 4.47. The molecule has 7 heteroatoms. The summed E-state index contributed by atoms with van der Waals surface area (Å²) in [6.07, 6.45) is 7.17. The van der Waals surface area contributed by atoms with E-state index >= 15 is 0 Å². The number of ether oxygens (including phenoxy) is 1. The van der Waals surface area contributed by atoms with Crippen molar-refractivity contribution in [2.75, 3.05) is 13.1 Å². The lowest BCUT2D eigenvalue weighted by Crippen LogP contribution is -2.43. The molecule has 1 fully saturated rings. The van der Waals surface area contributed by atoms with Gasteiger partial charge in [0.25, 0.3) is 5.91 Å². The summed E-state index contributed by atoms with van der Waals surface area (Å²) in [7, 11) is 0. The molecule has 0 bridgehead atoms. The Balaban J connectivity index is 1.35. The third-order valence-electron chi connectivity index (χ3n) is 5.23. The minimum absolute atomic E-state index is 0.0231. The van der Waals surface area contributed by atoms with E-state index in [4.69, 9.17) is 4.74 Å². The Labute approximate surface area is 170 Å². The van der Waals surface area contributed by atoms with Crippen LogP contribution in [0.15, 0.2) is 55.0 Å². The summed E-state index contributed by atoms with van der Waals surface area (Å²) in [4.78, 5) is 18.8. The number of aromatic nitrogens is 4. The van der Waals surface area contributed by atoms with Crippen LogP contribution in [0.5, 0.6) is 0 Å². The third kappa shape index (κ3) is 4.86. The molecule has 1 unspecified atom stereocenters. The van der Waals surface area contributed by atoms with Crippen LogP contribution in [0.1, 0.15) is 40.0 Å². The normalized spacial score (nSPS) is 16.7. The van der Waals surface area contributed by atoms with Gasteiger partial charge in [0.1, 0.15) is 0 Å². The molecule has 7 nitrogen and oxygen atoms in total. The van der Waals surface area contributed by atoms with Crippen LogP contribution in [0.4, 0.5) is 0 Å². The molecule has 0 radical (unpaired) electrons. The molecule has 1 aliphatic heterocycles. The van der Waals surface area contributed by atoms with Crippen molar-refractivity contribution < 1.29 is 9.53 Å². The highest BCUT2D eigenvalue weighted by molar-refractivity contribution is 5.92. The van der Waals surface area contributed by atoms with Gasteiger partial charge in [0.15, 0.2) is 5.69 Å². The van der Waals surface area contributed by atoms with Crippen molar-refractivity contribution in [1.29, 1.82) is 0 Å². The molecule has 3 heterocycles. The van der Waals surface area contributed by atoms with Crippen molar-refractivity contribution in [3.63, 3.8) is 0 Å². The maximum absolute atomic E-state index is 12.9. The first kappa shape index (κ1) is 19.3. The number of amides is 1. The van der Waals surface area contributed by atoms with E-state index in [0.717, 1.165) is 24.9 Å². The predicted molar refractivity (Wildman–Crippen MR) is 108 cm³/mol. The molecular formula is C22H25N5O2. The van der Waals surface area contributed by atoms with Gasteiger partial charge in [-0.2, -0.15) is 0 Å². The largest absolute Gasteiger partial charge is 0.372 e. The maximum atomic E-state index is 12.9. The summed E-state index contributed by atoms with van der Waals surface area (Å²) >= 11 is 0. The lowest BCUT2D eigenvalue weighted by Gasteiger charge is -2.32. The van der Waals surface area contributed by atoms with Crippen LogP contribution < -0.4 is 0 Å². The number of nitrogens with zero attached hydrogens (tertiary/aromatic N) is 5. The smallest absolute Gasteiger partial charge is 0.276 e. The predicted octanol–water partition coefficient (Wildman–Crippen LogP) is 2.85. The Bertz CT molecular complexity index is 957. The average molecular weight is 391 g/mol. The number of aryl methyl sites for hydroxylation is 1. The topological polar surface area (TPSA) is 73.1 Å². The number of hydrogen-bond acceptors (Lipinski definition) is 5. The minimum Gasteiger partial charge on any atom is -0.372 e. The molecule has 0 aliphatic carbocycles. The van der Waals surface area contributed by atoms with E-state index in [2.05, 4.69) is 34.4 Å². The Morgan fingerprint density at radius 1 is 1.24 bits per heavy atom. The van der Waals surface area contributed by atoms with Crippen LogP contribution in [-0.4, -0.2) is 50.0 Å². The molecule has 1 amide bonds. The van der Waals surface area contributed by atoms with Gasteiger partial charge in [-0.3, -0.25) is 9.78 Å². The monoisotopic (exact) mass is 391 g/mol. The lowest BCUT2D eigenvalue weighted by atomic mass is 10.1. The van der Waals surface area contributed by atoms with Crippen LogP contribution in [0.25, 0.3) is 0 Å². The first-order valence-electron chi connectivity index (χ1n) is 9.93. The molecule has 1 aliphatic rings. The van der Waals surface area contributed by atoms with Gasteiger partial charge in [0.2, 0.25) is 0 Å². The summed E-state index contributed by atoms with van der Waals surface area (Å²) in [5.74, 6) is -0.0873. The third-order valence-corrected chi connectivity index (χ3v) is 5.23. The van der Waals surface area contributed by atoms with Crippen molar-refractivity contribution in [3.8, 4) is 0 Å². The molecule has 0 saturated carbocycles. The van der Waals surface area contributed by atoms with E-state index in [1.807, 2.05) is 29.2 Å². The quantitative estimate of drug-likeness (QED) is 0.646. The summed E-state index contributed by atoms with van der Waals surface area (Å²) < 4.78 is 7.73. The van der Waals surface area contributed by atoms with Crippen molar-refractivity contribution in [2.24, 2.45) is 0 Å². The van der Waals surface area contributed by atoms with Crippen LogP contribution in [0, 0.1) is 6.92 Å². The number of likely N-dealkylation sites (tertiary alicyclic amines) is 1. The fourth-order valence-electron chi connectivity index (χ4n) is 3.55. The fourth-order valence-corrected chi connectivity index (χ4v) is 3.55. The fraction of sp³-hybridized carbons (Fsp3) is 0.364. The number of hydrogen-bond donors (Lipinski definition) is 0. The Morgan fingerprint density at radius 3 is 2.97 bits per heavy atom. The first-order valence-corrected chi connectivity index (χ1v) is 9.93. The van der Waals surface area contributed by atoms with E-state index in [1.54, 1.807) is 23.3 Å². The number of pyridine rings is 1. The molecule has 4 rings (SSSR count). The lowest BCUT2D eigenvalue weighted by molar-refractivity contribution is -0.00697. The van der Waals surface area contributed by atoms with E-state index in [0.29, 0.717) is 25.4 Å². The SMILES string of the molecule is Cc1ccccc1Cn1cc(C(=O)N2CCCC(OCc3cccnc3)C2)nn1. The Hall–Kier alpha value is -3.06. The molecule has 0 spiro atoms. The maximum Gasteiger partial charge on any atom is 0.276 e. The van der Waals surface area contributed by atoms with Gasteiger partial charge in [-0.1, -0.05) is 35.5 Å². The van der Waals surface area contributed by atoms with E-state index in [1.165, 1.54) is 11.1 Å². The molecule has 1 aromatic carbocycles. The van der Waals surface area contributed by atoms with Crippen LogP contribution in [0.2, 0.25) is 0 Å². The second kappa shape index (κ2) is 8.96.